The molecule has 0 aliphatic carbocycles. The second kappa shape index (κ2) is 9.80. The van der Waals surface area contributed by atoms with Crippen molar-refractivity contribution in [3.05, 3.63) is 53.5 Å². The molecule has 0 bridgehead atoms. The first-order valence-electron chi connectivity index (χ1n) is 11.6. The Hall–Kier alpha value is -3.21. The topological polar surface area (TPSA) is 65.5 Å². The molecule has 0 radical (unpaired) electrons. The highest BCUT2D eigenvalue weighted by atomic mass is 32.1. The molecule has 0 spiro atoms. The van der Waals surface area contributed by atoms with Gasteiger partial charge >= 0.3 is 6.18 Å². The van der Waals surface area contributed by atoms with Crippen LogP contribution in [-0.4, -0.2) is 65.3 Å². The number of thiophene rings is 1. The van der Waals surface area contributed by atoms with Crippen molar-refractivity contribution in [2.45, 2.75) is 19.0 Å². The molecule has 2 fully saturated rings. The number of piperidine rings is 1. The Kier molecular flexibility index (Phi) is 6.59. The number of alkyl halides is 3. The molecular formula is C24H25F3N6OS. The van der Waals surface area contributed by atoms with Crippen LogP contribution in [0.5, 0.6) is 0 Å². The number of aromatic nitrogens is 3. The number of nitrogens with zero attached hydrogens (tertiary/aromatic N) is 6. The van der Waals surface area contributed by atoms with Gasteiger partial charge in [-0.15, -0.1) is 21.5 Å². The van der Waals surface area contributed by atoms with Crippen LogP contribution < -0.4 is 9.80 Å². The minimum absolute atomic E-state index is 0.113. The maximum Gasteiger partial charge on any atom is 0.417 e. The Balaban J connectivity index is 1.16. The fourth-order valence-electron chi connectivity index (χ4n) is 4.59. The van der Waals surface area contributed by atoms with Gasteiger partial charge in [-0.2, -0.15) is 13.2 Å². The summed E-state index contributed by atoms with van der Waals surface area (Å²) in [6.45, 7) is 3.56. The van der Waals surface area contributed by atoms with Gasteiger partial charge in [-0.1, -0.05) is 6.07 Å². The fourth-order valence-corrected chi connectivity index (χ4v) is 5.28. The second-order valence-corrected chi connectivity index (χ2v) is 9.70. The molecular weight excluding hydrogens is 477 g/mol. The number of hydrogen-bond acceptors (Lipinski definition) is 7. The molecule has 1 unspecified atom stereocenters. The summed E-state index contributed by atoms with van der Waals surface area (Å²) in [6, 6.07) is 10.4. The number of anilines is 2. The first-order valence-corrected chi connectivity index (χ1v) is 12.5. The molecule has 0 aromatic carbocycles. The van der Waals surface area contributed by atoms with E-state index in [4.69, 9.17) is 0 Å². The third-order valence-corrected chi connectivity index (χ3v) is 7.40. The van der Waals surface area contributed by atoms with Crippen molar-refractivity contribution in [1.82, 2.24) is 20.1 Å². The van der Waals surface area contributed by atoms with Crippen molar-refractivity contribution in [1.29, 1.82) is 0 Å². The van der Waals surface area contributed by atoms with Gasteiger partial charge in [0.15, 0.2) is 5.82 Å². The van der Waals surface area contributed by atoms with Crippen molar-refractivity contribution in [2.24, 2.45) is 5.92 Å². The van der Waals surface area contributed by atoms with Crippen LogP contribution in [0.15, 0.2) is 48.0 Å². The van der Waals surface area contributed by atoms with Gasteiger partial charge in [0.1, 0.15) is 11.5 Å². The minimum atomic E-state index is -4.40. The monoisotopic (exact) mass is 502 g/mol. The molecule has 2 aliphatic heterocycles. The molecule has 5 rings (SSSR count). The second-order valence-electron chi connectivity index (χ2n) is 8.75. The van der Waals surface area contributed by atoms with Gasteiger partial charge in [-0.05, 0) is 48.6 Å². The highest BCUT2D eigenvalue weighted by Crippen LogP contribution is 2.30. The lowest BCUT2D eigenvalue weighted by molar-refractivity contribution is -0.138. The number of hydrogen-bond donors (Lipinski definition) is 0. The van der Waals surface area contributed by atoms with Crippen LogP contribution in [0.4, 0.5) is 24.8 Å². The Morgan fingerprint density at radius 3 is 2.37 bits per heavy atom. The van der Waals surface area contributed by atoms with E-state index in [1.54, 1.807) is 11.3 Å². The summed E-state index contributed by atoms with van der Waals surface area (Å²) in [5, 5.41) is 10.8. The summed E-state index contributed by atoms with van der Waals surface area (Å²) in [4.78, 5) is 24.2. The molecule has 2 aliphatic rings. The maximum absolute atomic E-state index is 13.2. The zero-order chi connectivity index (χ0) is 24.4. The van der Waals surface area contributed by atoms with Crippen molar-refractivity contribution >= 4 is 28.9 Å². The third-order valence-electron chi connectivity index (χ3n) is 6.51. The van der Waals surface area contributed by atoms with Crippen molar-refractivity contribution in [3.8, 4) is 10.6 Å². The largest absolute Gasteiger partial charge is 0.417 e. The number of carbonyl (C=O) groups excluding carboxylic acids is 1. The number of pyridine rings is 1. The van der Waals surface area contributed by atoms with Gasteiger partial charge in [0.05, 0.1) is 16.4 Å². The molecule has 0 saturated carbocycles. The minimum Gasteiger partial charge on any atom is -0.354 e. The quantitative estimate of drug-likeness (QED) is 0.533. The van der Waals surface area contributed by atoms with Gasteiger partial charge in [-0.3, -0.25) is 4.79 Å². The maximum atomic E-state index is 13.2. The zero-order valence-electron chi connectivity index (χ0n) is 19.0. The molecule has 2 saturated heterocycles. The van der Waals surface area contributed by atoms with E-state index in [1.165, 1.54) is 6.07 Å². The highest BCUT2D eigenvalue weighted by molar-refractivity contribution is 7.13. The number of amides is 1. The molecule has 3 aromatic rings. The van der Waals surface area contributed by atoms with Gasteiger partial charge in [0.2, 0.25) is 5.91 Å². The third kappa shape index (κ3) is 5.24. The summed E-state index contributed by atoms with van der Waals surface area (Å²) >= 11 is 1.62. The van der Waals surface area contributed by atoms with Gasteiger partial charge in [0, 0.05) is 45.5 Å². The highest BCUT2D eigenvalue weighted by Gasteiger charge is 2.33. The van der Waals surface area contributed by atoms with Gasteiger partial charge < -0.3 is 14.7 Å². The molecule has 184 valence electrons. The number of piperazine rings is 1. The van der Waals surface area contributed by atoms with E-state index >= 15 is 0 Å². The fraction of sp³-hybridized carbons (Fsp3) is 0.417. The summed E-state index contributed by atoms with van der Waals surface area (Å²) in [5.41, 5.74) is 0.0801. The smallest absolute Gasteiger partial charge is 0.354 e. The summed E-state index contributed by atoms with van der Waals surface area (Å²) in [7, 11) is 0. The van der Waals surface area contributed by atoms with Crippen molar-refractivity contribution in [3.63, 3.8) is 0 Å². The molecule has 1 amide bonds. The van der Waals surface area contributed by atoms with E-state index in [9.17, 15) is 18.0 Å². The Morgan fingerprint density at radius 2 is 1.74 bits per heavy atom. The number of rotatable bonds is 4. The lowest BCUT2D eigenvalue weighted by Gasteiger charge is -2.39. The molecule has 35 heavy (non-hydrogen) atoms. The average Bonchev–Trinajstić information content (AvgIpc) is 3.43. The molecule has 5 heterocycles. The van der Waals surface area contributed by atoms with E-state index in [2.05, 4.69) is 20.1 Å². The van der Waals surface area contributed by atoms with E-state index in [0.29, 0.717) is 38.5 Å². The summed E-state index contributed by atoms with van der Waals surface area (Å²) < 4.78 is 38.3. The van der Waals surface area contributed by atoms with E-state index < -0.39 is 11.7 Å². The Labute approximate surface area is 205 Å². The molecule has 1 atom stereocenters. The predicted octanol–water partition coefficient (Wildman–Crippen LogP) is 4.18. The molecule has 0 N–H and O–H groups in total. The van der Waals surface area contributed by atoms with Gasteiger partial charge in [0.25, 0.3) is 0 Å². The van der Waals surface area contributed by atoms with Gasteiger partial charge in [-0.25, -0.2) is 4.98 Å². The summed E-state index contributed by atoms with van der Waals surface area (Å²) in [5.74, 6) is 1.29. The number of halogens is 3. The average molecular weight is 503 g/mol. The standard InChI is InChI=1S/C24H25F3N6OS/c25-24(26,27)18-5-7-21(28-15-18)31-10-12-32(13-11-31)23(34)17-3-1-9-33(16-17)22-8-6-19(29-30-22)20-4-2-14-35-20/h2,4-8,14-15,17H,1,3,9-13,16H2. The van der Waals surface area contributed by atoms with Crippen LogP contribution in [0.2, 0.25) is 0 Å². The van der Waals surface area contributed by atoms with Crippen LogP contribution in [0.1, 0.15) is 18.4 Å². The van der Waals surface area contributed by atoms with E-state index in [0.717, 1.165) is 48.0 Å². The molecule has 7 nitrogen and oxygen atoms in total. The van der Waals surface area contributed by atoms with Crippen LogP contribution in [0.3, 0.4) is 0 Å². The van der Waals surface area contributed by atoms with Crippen LogP contribution in [0.25, 0.3) is 10.6 Å². The zero-order valence-corrected chi connectivity index (χ0v) is 19.8. The van der Waals surface area contributed by atoms with Crippen LogP contribution in [-0.2, 0) is 11.0 Å². The Morgan fingerprint density at radius 1 is 0.943 bits per heavy atom. The van der Waals surface area contributed by atoms with Crippen molar-refractivity contribution in [2.75, 3.05) is 49.1 Å². The van der Waals surface area contributed by atoms with Crippen LogP contribution >= 0.6 is 11.3 Å². The lowest BCUT2D eigenvalue weighted by atomic mass is 9.96. The first kappa shape index (κ1) is 23.5. The first-order chi connectivity index (χ1) is 16.9. The predicted molar refractivity (Wildman–Crippen MR) is 128 cm³/mol. The van der Waals surface area contributed by atoms with Crippen molar-refractivity contribution < 1.29 is 18.0 Å². The van der Waals surface area contributed by atoms with Crippen LogP contribution in [0, 0.1) is 5.92 Å². The molecule has 3 aromatic heterocycles. The SMILES string of the molecule is O=C(C1CCCN(c2ccc(-c3cccs3)nn2)C1)N1CCN(c2ccc(C(F)(F)F)cn2)CC1. The normalized spacial score (nSPS) is 19.2. The summed E-state index contributed by atoms with van der Waals surface area (Å²) in [6.07, 6.45) is -1.81. The number of carbonyl (C=O) groups is 1. The van der Waals surface area contributed by atoms with E-state index in [-0.39, 0.29) is 11.8 Å². The lowest BCUT2D eigenvalue weighted by Crippen LogP contribution is -2.52. The Bertz CT molecular complexity index is 1130. The molecule has 11 heteroatoms. The van der Waals surface area contributed by atoms with E-state index in [1.807, 2.05) is 39.4 Å².